The normalized spacial score (nSPS) is 12.4. The Balaban J connectivity index is 0.000000215. The van der Waals surface area contributed by atoms with Gasteiger partial charge in [-0.2, -0.15) is 0 Å². The fourth-order valence-electron chi connectivity index (χ4n) is 6.67. The van der Waals surface area contributed by atoms with Crippen molar-refractivity contribution in [1.82, 2.24) is 0 Å². The molecule has 2 aromatic carbocycles. The minimum Gasteiger partial charge on any atom is -0.493 e. The van der Waals surface area contributed by atoms with Gasteiger partial charge in [-0.3, -0.25) is 9.59 Å². The van der Waals surface area contributed by atoms with Gasteiger partial charge in [-0.15, -0.1) is 22.7 Å². The molecule has 6 rings (SSSR count). The number of fused-ring (bicyclic) bond motifs is 2. The van der Waals surface area contributed by atoms with Crippen LogP contribution in [0, 0.1) is 0 Å². The van der Waals surface area contributed by atoms with Crippen LogP contribution in [0.15, 0.2) is 24.3 Å². The molecule has 2 aromatic heterocycles. The van der Waals surface area contributed by atoms with Crippen molar-refractivity contribution >= 4 is 67.4 Å². The maximum atomic E-state index is 13.0. The smallest absolute Gasteiger partial charge is 0.341 e. The maximum Gasteiger partial charge on any atom is 0.341 e. The topological polar surface area (TPSA) is 180 Å². The third-order valence-electron chi connectivity index (χ3n) is 9.37. The summed E-state index contributed by atoms with van der Waals surface area (Å²) < 4.78 is 41.4. The monoisotopic (exact) mass is 874 g/mol. The van der Waals surface area contributed by atoms with Gasteiger partial charge in [0.15, 0.2) is 23.0 Å². The highest BCUT2D eigenvalue weighted by Gasteiger charge is 2.28. The van der Waals surface area contributed by atoms with E-state index in [0.717, 1.165) is 60.9 Å². The molecule has 2 heterocycles. The Bertz CT molecular complexity index is 2080. The lowest BCUT2D eigenvalue weighted by atomic mass is 9.95. The van der Waals surface area contributed by atoms with Gasteiger partial charge in [0, 0.05) is 20.9 Å². The number of hydrogen-bond donors (Lipinski definition) is 2. The summed E-state index contributed by atoms with van der Waals surface area (Å²) in [5, 5.41) is 3.46. The number of benzene rings is 2. The van der Waals surface area contributed by atoms with E-state index in [1.165, 1.54) is 77.4 Å². The van der Waals surface area contributed by atoms with Gasteiger partial charge in [-0.25, -0.2) is 9.59 Å². The van der Waals surface area contributed by atoms with E-state index in [2.05, 4.69) is 5.32 Å². The van der Waals surface area contributed by atoms with Crippen molar-refractivity contribution in [2.45, 2.75) is 65.2 Å². The zero-order valence-electron chi connectivity index (χ0n) is 34.6. The highest BCUT2D eigenvalue weighted by molar-refractivity contribution is 7.17. The van der Waals surface area contributed by atoms with E-state index >= 15 is 0 Å². The number of rotatable bonds is 13. The van der Waals surface area contributed by atoms with Gasteiger partial charge in [0.1, 0.15) is 10.0 Å². The fraction of sp³-hybridized carbons (Fsp3) is 0.429. The Morgan fingerprint density at radius 2 is 1.02 bits per heavy atom. The molecule has 3 N–H and O–H groups in total. The van der Waals surface area contributed by atoms with E-state index in [-0.39, 0.29) is 18.5 Å². The van der Waals surface area contributed by atoms with Gasteiger partial charge in [-0.1, -0.05) is 0 Å². The van der Waals surface area contributed by atoms with Crippen LogP contribution < -0.4 is 39.5 Å². The largest absolute Gasteiger partial charge is 0.493 e. The van der Waals surface area contributed by atoms with Crippen LogP contribution in [0.5, 0.6) is 34.5 Å². The highest BCUT2D eigenvalue weighted by Crippen LogP contribution is 2.42. The summed E-state index contributed by atoms with van der Waals surface area (Å²) in [7, 11) is 8.92. The van der Waals surface area contributed by atoms with Crippen LogP contribution in [0.2, 0.25) is 0 Å². The average Bonchev–Trinajstić information content (AvgIpc) is 3.79. The minimum atomic E-state index is -0.575. The van der Waals surface area contributed by atoms with Crippen LogP contribution in [0.1, 0.15) is 102 Å². The van der Waals surface area contributed by atoms with E-state index in [4.69, 9.17) is 55.2 Å². The lowest BCUT2D eigenvalue weighted by molar-refractivity contribution is 0.0517. The summed E-state index contributed by atoms with van der Waals surface area (Å²) in [6.07, 6.45) is 8.21. The molecule has 59 heavy (non-hydrogen) atoms. The first-order valence-corrected chi connectivity index (χ1v) is 20.9. The van der Waals surface area contributed by atoms with Crippen molar-refractivity contribution in [3.8, 4) is 34.5 Å². The number of amides is 1. The van der Waals surface area contributed by atoms with Gasteiger partial charge in [0.05, 0.1) is 67.0 Å². The van der Waals surface area contributed by atoms with E-state index < -0.39 is 11.2 Å². The van der Waals surface area contributed by atoms with Crippen LogP contribution in [0.4, 0.5) is 10.0 Å². The van der Waals surface area contributed by atoms with Gasteiger partial charge in [0.2, 0.25) is 11.5 Å². The molecule has 0 atom stereocenters. The first-order chi connectivity index (χ1) is 28.4. The molecule has 4 aromatic rings. The number of nitrogen functional groups attached to an aromatic ring is 1. The summed E-state index contributed by atoms with van der Waals surface area (Å²) >= 11 is 8.36. The Labute approximate surface area is 357 Å². The van der Waals surface area contributed by atoms with E-state index in [9.17, 15) is 19.2 Å². The molecule has 2 aliphatic rings. The number of ether oxygens (including phenoxy) is 8. The number of carbonyl (C=O) groups is 4. The molecule has 0 saturated heterocycles. The predicted octanol–water partition coefficient (Wildman–Crippen LogP) is 8.56. The number of aryl methyl sites for hydroxylation is 2. The second kappa shape index (κ2) is 22.3. The molecule has 0 aliphatic heterocycles. The van der Waals surface area contributed by atoms with Crippen molar-refractivity contribution in [1.29, 1.82) is 0 Å². The first kappa shape index (κ1) is 46.5. The molecule has 0 unspecified atom stereocenters. The molecule has 0 radical (unpaired) electrons. The van der Waals surface area contributed by atoms with Crippen molar-refractivity contribution in [3.63, 3.8) is 0 Å². The maximum absolute atomic E-state index is 13.0. The van der Waals surface area contributed by atoms with Gasteiger partial charge in [0.25, 0.3) is 11.1 Å². The minimum absolute atomic E-state index is 0.255. The second-order valence-corrected chi connectivity index (χ2v) is 15.4. The van der Waals surface area contributed by atoms with Crippen molar-refractivity contribution < 1.29 is 57.1 Å². The zero-order valence-corrected chi connectivity index (χ0v) is 36.9. The molecular weight excluding hydrogens is 824 g/mol. The summed E-state index contributed by atoms with van der Waals surface area (Å²) in [4.78, 5) is 50.7. The molecule has 14 nitrogen and oxygen atoms in total. The number of nitrogens with two attached hydrogens (primary N) is 1. The van der Waals surface area contributed by atoms with Gasteiger partial charge in [-0.05, 0) is 112 Å². The lowest BCUT2D eigenvalue weighted by Gasteiger charge is -2.14. The Morgan fingerprint density at radius 3 is 1.44 bits per heavy atom. The van der Waals surface area contributed by atoms with Crippen molar-refractivity contribution in [2.75, 3.05) is 66.9 Å². The number of halogens is 1. The zero-order chi connectivity index (χ0) is 43.2. The average molecular weight is 875 g/mol. The summed E-state index contributed by atoms with van der Waals surface area (Å²) in [6, 6.07) is 6.15. The van der Waals surface area contributed by atoms with E-state index in [1.54, 1.807) is 30.4 Å². The third-order valence-corrected chi connectivity index (χ3v) is 11.9. The number of carbonyl (C=O) groups excluding carboxylic acids is 4. The number of hydrogen-bond acceptors (Lipinski definition) is 15. The first-order valence-electron chi connectivity index (χ1n) is 18.9. The lowest BCUT2D eigenvalue weighted by Crippen LogP contribution is -2.16. The molecule has 0 saturated carbocycles. The molecule has 0 spiro atoms. The molecule has 1 amide bonds. The Kier molecular flexibility index (Phi) is 17.5. The van der Waals surface area contributed by atoms with Gasteiger partial charge >= 0.3 is 11.9 Å². The molecule has 0 fully saturated rings. The Hall–Kier alpha value is -5.19. The van der Waals surface area contributed by atoms with Crippen LogP contribution in [-0.4, -0.2) is 79.0 Å². The van der Waals surface area contributed by atoms with Crippen LogP contribution in [0.3, 0.4) is 0 Å². The van der Waals surface area contributed by atoms with Gasteiger partial charge < -0.3 is 48.9 Å². The summed E-state index contributed by atoms with van der Waals surface area (Å²) in [5.41, 5.74) is 9.76. The summed E-state index contributed by atoms with van der Waals surface area (Å²) in [5.74, 6) is 1.39. The van der Waals surface area contributed by atoms with Crippen LogP contribution in [-0.2, 0) is 35.2 Å². The molecule has 320 valence electrons. The highest BCUT2D eigenvalue weighted by atomic mass is 35.5. The quantitative estimate of drug-likeness (QED) is 0.0965. The van der Waals surface area contributed by atoms with E-state index in [1.807, 2.05) is 6.92 Å². The SMILES string of the molecule is CCOC(=O)c1c(N)sc2c1CCCC2.CCOC(=O)c1c(NC(=O)c2cc(OC)c(OC)c(OC)c2)sc2c1CCCC2.COc1cc(C(=O)Cl)cc(OC)c1OC. The number of nitrogens with one attached hydrogen (secondary N) is 1. The number of anilines is 2. The van der Waals surface area contributed by atoms with Crippen LogP contribution in [0.25, 0.3) is 0 Å². The fourth-order valence-corrected chi connectivity index (χ4v) is 9.20. The Morgan fingerprint density at radius 1 is 0.610 bits per heavy atom. The predicted molar refractivity (Wildman–Crippen MR) is 229 cm³/mol. The van der Waals surface area contributed by atoms with E-state index in [0.29, 0.717) is 73.4 Å². The molecule has 0 bridgehead atoms. The number of thiophene rings is 2. The molecule has 17 heteroatoms. The van der Waals surface area contributed by atoms with Crippen LogP contribution >= 0.6 is 34.3 Å². The molecular formula is C42H51ClN2O12S2. The summed E-state index contributed by atoms with van der Waals surface area (Å²) in [6.45, 7) is 4.27. The number of esters is 2. The second-order valence-electron chi connectivity index (χ2n) is 12.9. The standard InChI is InChI=1S/C21H25NO6S.C11H15NO2S.C10H11ClO4/c1-5-28-21(24)17-13-8-6-7-9-16(13)29-20(17)22-19(23)12-10-14(25-2)18(27-4)15(11-12)26-3;1-2-14-11(13)9-7-5-3-4-6-8(7)15-10(9)12;1-13-7-4-6(10(11)12)5-8(14-2)9(7)15-3/h10-11H,5-9H2,1-4H3,(H,22,23);2-6,12H2,1H3;4-5H,1-3H3. The van der Waals surface area contributed by atoms with Crippen molar-refractivity contribution in [3.05, 3.63) is 67.4 Å². The third kappa shape index (κ3) is 11.1. The molecule has 2 aliphatic carbocycles. The number of methoxy groups -OCH3 is 6. The van der Waals surface area contributed by atoms with Crippen molar-refractivity contribution in [2.24, 2.45) is 0 Å².